The van der Waals surface area contributed by atoms with Crippen LogP contribution in [0.5, 0.6) is 11.5 Å². The van der Waals surface area contributed by atoms with Gasteiger partial charge in [-0.1, -0.05) is 6.07 Å². The van der Waals surface area contributed by atoms with E-state index in [9.17, 15) is 9.90 Å². The predicted molar refractivity (Wildman–Crippen MR) is 67.9 cm³/mol. The fraction of sp³-hybridized carbons (Fsp3) is 0.462. The lowest BCUT2D eigenvalue weighted by molar-refractivity contribution is -0.148. The number of nitrogens with two attached hydrogens (primary N) is 1. The molecule has 18 heavy (non-hydrogen) atoms. The van der Waals surface area contributed by atoms with E-state index in [2.05, 4.69) is 0 Å². The molecule has 5 heteroatoms. The SMILES string of the molecule is COc1ccc(C(N)C(C)(C)C(=O)O)c(OC)c1. The van der Waals surface area contributed by atoms with Gasteiger partial charge in [-0.3, -0.25) is 4.79 Å². The molecule has 1 aromatic carbocycles. The smallest absolute Gasteiger partial charge is 0.311 e. The zero-order valence-electron chi connectivity index (χ0n) is 11.1. The number of methoxy groups -OCH3 is 2. The minimum Gasteiger partial charge on any atom is -0.497 e. The third-order valence-electron chi connectivity index (χ3n) is 3.10. The van der Waals surface area contributed by atoms with E-state index in [-0.39, 0.29) is 0 Å². The molecular formula is C13H19NO4. The fourth-order valence-corrected chi connectivity index (χ4v) is 1.60. The Bertz CT molecular complexity index is 443. The molecule has 1 aromatic rings. The monoisotopic (exact) mass is 253 g/mol. The van der Waals surface area contributed by atoms with Gasteiger partial charge in [0, 0.05) is 17.7 Å². The maximum absolute atomic E-state index is 11.2. The number of carboxylic acid groups (broad SMARTS) is 1. The van der Waals surface area contributed by atoms with Gasteiger partial charge < -0.3 is 20.3 Å². The summed E-state index contributed by atoms with van der Waals surface area (Å²) in [6.07, 6.45) is 0. The van der Waals surface area contributed by atoms with Crippen molar-refractivity contribution < 1.29 is 19.4 Å². The normalized spacial score (nSPS) is 12.9. The largest absolute Gasteiger partial charge is 0.497 e. The first-order chi connectivity index (χ1) is 8.34. The van der Waals surface area contributed by atoms with Crippen LogP contribution < -0.4 is 15.2 Å². The number of hydrogen-bond acceptors (Lipinski definition) is 4. The summed E-state index contributed by atoms with van der Waals surface area (Å²) in [6, 6.07) is 4.48. The van der Waals surface area contributed by atoms with Crippen LogP contribution in [0.15, 0.2) is 18.2 Å². The van der Waals surface area contributed by atoms with E-state index < -0.39 is 17.4 Å². The summed E-state index contributed by atoms with van der Waals surface area (Å²) in [6.45, 7) is 3.17. The molecule has 0 bridgehead atoms. The molecule has 0 aliphatic rings. The Hall–Kier alpha value is -1.75. The summed E-state index contributed by atoms with van der Waals surface area (Å²) in [4.78, 5) is 11.2. The van der Waals surface area contributed by atoms with Crippen LogP contribution in [0.4, 0.5) is 0 Å². The Morgan fingerprint density at radius 1 is 1.33 bits per heavy atom. The first-order valence-electron chi connectivity index (χ1n) is 5.55. The molecule has 3 N–H and O–H groups in total. The van der Waals surface area contributed by atoms with Gasteiger partial charge in [-0.05, 0) is 19.9 Å². The Labute approximate surface area is 107 Å². The quantitative estimate of drug-likeness (QED) is 0.836. The van der Waals surface area contributed by atoms with Crippen molar-refractivity contribution in [3.05, 3.63) is 23.8 Å². The van der Waals surface area contributed by atoms with Crippen LogP contribution in [0.25, 0.3) is 0 Å². The summed E-state index contributed by atoms with van der Waals surface area (Å²) in [5, 5.41) is 9.19. The van der Waals surface area contributed by atoms with Crippen LogP contribution in [0.1, 0.15) is 25.5 Å². The molecule has 0 aromatic heterocycles. The molecule has 0 heterocycles. The van der Waals surface area contributed by atoms with Crippen LogP contribution >= 0.6 is 0 Å². The van der Waals surface area contributed by atoms with E-state index in [1.807, 2.05) is 0 Å². The highest BCUT2D eigenvalue weighted by Gasteiger charge is 2.36. The van der Waals surface area contributed by atoms with Crippen LogP contribution in [0.3, 0.4) is 0 Å². The molecule has 0 saturated carbocycles. The van der Waals surface area contributed by atoms with Crippen LogP contribution in [-0.2, 0) is 4.79 Å². The van der Waals surface area contributed by atoms with Gasteiger partial charge in [0.15, 0.2) is 0 Å². The number of rotatable bonds is 5. The zero-order valence-corrected chi connectivity index (χ0v) is 11.1. The number of benzene rings is 1. The van der Waals surface area contributed by atoms with E-state index in [0.29, 0.717) is 17.1 Å². The second-order valence-corrected chi connectivity index (χ2v) is 4.61. The van der Waals surface area contributed by atoms with E-state index in [4.69, 9.17) is 15.2 Å². The second kappa shape index (κ2) is 5.27. The molecule has 0 amide bonds. The van der Waals surface area contributed by atoms with Gasteiger partial charge in [0.2, 0.25) is 0 Å². The summed E-state index contributed by atoms with van der Waals surface area (Å²) in [7, 11) is 3.06. The Kier molecular flexibility index (Phi) is 4.19. The Morgan fingerprint density at radius 3 is 2.39 bits per heavy atom. The van der Waals surface area contributed by atoms with Gasteiger partial charge in [-0.2, -0.15) is 0 Å². The summed E-state index contributed by atoms with van der Waals surface area (Å²) in [5.41, 5.74) is 5.60. The lowest BCUT2D eigenvalue weighted by Gasteiger charge is -2.28. The number of aliphatic carboxylic acids is 1. The van der Waals surface area contributed by atoms with Gasteiger partial charge in [-0.25, -0.2) is 0 Å². The molecule has 1 unspecified atom stereocenters. The molecule has 0 radical (unpaired) electrons. The van der Waals surface area contributed by atoms with Gasteiger partial charge in [-0.15, -0.1) is 0 Å². The number of ether oxygens (including phenoxy) is 2. The zero-order chi connectivity index (χ0) is 13.9. The summed E-state index contributed by atoms with van der Waals surface area (Å²) < 4.78 is 10.3. The van der Waals surface area contributed by atoms with Gasteiger partial charge in [0.25, 0.3) is 0 Å². The number of carbonyl (C=O) groups is 1. The lowest BCUT2D eigenvalue weighted by atomic mass is 9.81. The molecule has 5 nitrogen and oxygen atoms in total. The first kappa shape index (κ1) is 14.3. The van der Waals surface area contributed by atoms with E-state index in [1.165, 1.54) is 7.11 Å². The number of carboxylic acids is 1. The molecule has 1 atom stereocenters. The molecule has 1 rings (SSSR count). The minimum atomic E-state index is -1.08. The fourth-order valence-electron chi connectivity index (χ4n) is 1.60. The van der Waals surface area contributed by atoms with Crippen molar-refractivity contribution >= 4 is 5.97 Å². The van der Waals surface area contributed by atoms with Gasteiger partial charge in [0.05, 0.1) is 19.6 Å². The van der Waals surface area contributed by atoms with Crippen LogP contribution in [0.2, 0.25) is 0 Å². The lowest BCUT2D eigenvalue weighted by Crippen LogP contribution is -2.36. The van der Waals surface area contributed by atoms with Crippen molar-refractivity contribution in [3.8, 4) is 11.5 Å². The van der Waals surface area contributed by atoms with Crippen molar-refractivity contribution in [2.75, 3.05) is 14.2 Å². The van der Waals surface area contributed by atoms with E-state index >= 15 is 0 Å². The van der Waals surface area contributed by atoms with Crippen LogP contribution in [0, 0.1) is 5.41 Å². The van der Waals surface area contributed by atoms with Crippen molar-refractivity contribution in [3.63, 3.8) is 0 Å². The Balaban J connectivity index is 3.20. The molecule has 0 aliphatic carbocycles. The maximum Gasteiger partial charge on any atom is 0.311 e. The van der Waals surface area contributed by atoms with E-state index in [1.54, 1.807) is 39.2 Å². The second-order valence-electron chi connectivity index (χ2n) is 4.61. The topological polar surface area (TPSA) is 81.8 Å². The van der Waals surface area contributed by atoms with E-state index in [0.717, 1.165) is 0 Å². The third kappa shape index (κ3) is 2.56. The maximum atomic E-state index is 11.2. The highest BCUT2D eigenvalue weighted by Crippen LogP contribution is 2.37. The molecule has 100 valence electrons. The molecular weight excluding hydrogens is 234 g/mol. The highest BCUT2D eigenvalue weighted by molar-refractivity contribution is 5.75. The van der Waals surface area contributed by atoms with Gasteiger partial charge in [0.1, 0.15) is 11.5 Å². The molecule has 0 saturated heterocycles. The third-order valence-corrected chi connectivity index (χ3v) is 3.10. The van der Waals surface area contributed by atoms with Crippen molar-refractivity contribution in [1.29, 1.82) is 0 Å². The van der Waals surface area contributed by atoms with Crippen LogP contribution in [-0.4, -0.2) is 25.3 Å². The average molecular weight is 253 g/mol. The standard InChI is InChI=1S/C13H19NO4/c1-13(2,12(15)16)11(14)9-6-5-8(17-3)7-10(9)18-4/h5-7,11H,14H2,1-4H3,(H,15,16). The summed E-state index contributed by atoms with van der Waals surface area (Å²) in [5.74, 6) is 0.208. The average Bonchev–Trinajstić information content (AvgIpc) is 2.36. The van der Waals surface area contributed by atoms with Crippen molar-refractivity contribution in [2.45, 2.75) is 19.9 Å². The first-order valence-corrected chi connectivity index (χ1v) is 5.55. The predicted octanol–water partition coefficient (Wildman–Crippen LogP) is 1.81. The number of hydrogen-bond donors (Lipinski definition) is 2. The van der Waals surface area contributed by atoms with Crippen molar-refractivity contribution in [1.82, 2.24) is 0 Å². The summed E-state index contributed by atoms with van der Waals surface area (Å²) >= 11 is 0. The highest BCUT2D eigenvalue weighted by atomic mass is 16.5. The van der Waals surface area contributed by atoms with Crippen molar-refractivity contribution in [2.24, 2.45) is 11.1 Å². The Morgan fingerprint density at radius 2 is 1.94 bits per heavy atom. The van der Waals surface area contributed by atoms with Gasteiger partial charge >= 0.3 is 5.97 Å². The molecule has 0 aliphatic heterocycles. The molecule has 0 spiro atoms. The minimum absolute atomic E-state index is 0.524. The molecule has 0 fully saturated rings.